The number of carbonyl (C=O) groups is 2. The van der Waals surface area contributed by atoms with Crippen LogP contribution < -0.4 is 0 Å². The number of carboxylic acids is 2. The Bertz CT molecular complexity index is 397. The monoisotopic (exact) mass is 274 g/mol. The molecule has 1 aliphatic carbocycles. The van der Waals surface area contributed by atoms with Crippen molar-refractivity contribution < 1.29 is 24.5 Å². The van der Waals surface area contributed by atoms with E-state index in [0.29, 0.717) is 12.0 Å². The van der Waals surface area contributed by atoms with Crippen molar-refractivity contribution >= 4 is 23.5 Å². The average Bonchev–Trinajstić information content (AvgIpc) is 3.13. The molecule has 2 aliphatic rings. The lowest BCUT2D eigenvalue weighted by Gasteiger charge is -2.23. The molecule has 0 bridgehead atoms. The predicted molar refractivity (Wildman–Crippen MR) is 65.7 cm³/mol. The maximum absolute atomic E-state index is 10.8. The number of hydrogen-bond acceptors (Lipinski definition) is 3. The maximum atomic E-state index is 10.8. The first-order valence-electron chi connectivity index (χ1n) is 5.41. The van der Waals surface area contributed by atoms with E-state index in [1.54, 1.807) is 0 Å². The van der Waals surface area contributed by atoms with Gasteiger partial charge in [0.15, 0.2) is 0 Å². The van der Waals surface area contributed by atoms with E-state index in [1.807, 2.05) is 0 Å². The Kier molecular flexibility index (Phi) is 4.93. The maximum Gasteiger partial charge on any atom is 0.331 e. The van der Waals surface area contributed by atoms with E-state index in [4.69, 9.17) is 26.6 Å². The molecule has 2 rings (SSSR count). The highest BCUT2D eigenvalue weighted by Gasteiger charge is 2.34. The standard InChI is InChI=1S/C9H10O4.C3H5ClO/c1-9(8(12)13)4-2-3-6(5-9)7(10)11;4-1-3-2-5-3/h2-4H,5H2,1H3,(H,10,11)(H,12,13);3H,1-2H2. The van der Waals surface area contributed by atoms with Crippen LogP contribution in [0.15, 0.2) is 23.8 Å². The molecule has 0 radical (unpaired) electrons. The summed E-state index contributed by atoms with van der Waals surface area (Å²) in [7, 11) is 0. The van der Waals surface area contributed by atoms with Crippen LogP contribution in [0.1, 0.15) is 13.3 Å². The number of hydrogen-bond donors (Lipinski definition) is 2. The largest absolute Gasteiger partial charge is 0.481 e. The first kappa shape index (κ1) is 14.7. The Morgan fingerprint density at radius 2 is 2.17 bits per heavy atom. The van der Waals surface area contributed by atoms with E-state index < -0.39 is 17.4 Å². The van der Waals surface area contributed by atoms with Gasteiger partial charge >= 0.3 is 11.9 Å². The summed E-state index contributed by atoms with van der Waals surface area (Å²) >= 11 is 5.27. The third-order valence-corrected chi connectivity index (χ3v) is 3.00. The zero-order chi connectivity index (χ0) is 13.8. The number of epoxide rings is 1. The second-order valence-electron chi connectivity index (χ2n) is 4.37. The van der Waals surface area contributed by atoms with Gasteiger partial charge in [-0.2, -0.15) is 0 Å². The Labute approximate surface area is 110 Å². The number of rotatable bonds is 3. The van der Waals surface area contributed by atoms with Crippen LogP contribution in [0.5, 0.6) is 0 Å². The van der Waals surface area contributed by atoms with Crippen LogP contribution in [-0.2, 0) is 14.3 Å². The molecule has 2 unspecified atom stereocenters. The predicted octanol–water partition coefficient (Wildman–Crippen LogP) is 1.67. The highest BCUT2D eigenvalue weighted by atomic mass is 35.5. The average molecular weight is 275 g/mol. The second-order valence-corrected chi connectivity index (χ2v) is 4.67. The number of halogens is 1. The van der Waals surface area contributed by atoms with Crippen LogP contribution in [0.25, 0.3) is 0 Å². The Morgan fingerprint density at radius 1 is 1.56 bits per heavy atom. The van der Waals surface area contributed by atoms with Gasteiger partial charge in [0.1, 0.15) is 0 Å². The van der Waals surface area contributed by atoms with Gasteiger partial charge in [-0.25, -0.2) is 4.79 Å². The summed E-state index contributed by atoms with van der Waals surface area (Å²) in [6, 6.07) is 0. The molecule has 2 atom stereocenters. The summed E-state index contributed by atoms with van der Waals surface area (Å²) in [5.74, 6) is -1.40. The molecule has 1 aliphatic heterocycles. The van der Waals surface area contributed by atoms with E-state index in [-0.39, 0.29) is 12.0 Å². The molecular weight excluding hydrogens is 260 g/mol. The lowest BCUT2D eigenvalue weighted by atomic mass is 9.80. The number of carboxylic acid groups (broad SMARTS) is 2. The van der Waals surface area contributed by atoms with Crippen molar-refractivity contribution in [2.75, 3.05) is 12.5 Å². The quantitative estimate of drug-likeness (QED) is 0.604. The first-order valence-corrected chi connectivity index (χ1v) is 5.95. The van der Waals surface area contributed by atoms with Crippen molar-refractivity contribution in [2.24, 2.45) is 5.41 Å². The van der Waals surface area contributed by atoms with E-state index in [0.717, 1.165) is 6.61 Å². The molecule has 0 spiro atoms. The van der Waals surface area contributed by atoms with Gasteiger partial charge in [-0.15, -0.1) is 11.6 Å². The Balaban J connectivity index is 0.000000269. The molecule has 2 N–H and O–H groups in total. The van der Waals surface area contributed by atoms with Gasteiger partial charge in [0, 0.05) is 5.57 Å². The molecule has 0 aromatic rings. The fourth-order valence-corrected chi connectivity index (χ4v) is 1.52. The third-order valence-electron chi connectivity index (χ3n) is 2.66. The Hall–Kier alpha value is -1.33. The van der Waals surface area contributed by atoms with Crippen molar-refractivity contribution in [1.82, 2.24) is 0 Å². The molecule has 0 aromatic heterocycles. The minimum Gasteiger partial charge on any atom is -0.481 e. The topological polar surface area (TPSA) is 87.1 Å². The highest BCUT2D eigenvalue weighted by Crippen LogP contribution is 2.31. The highest BCUT2D eigenvalue weighted by molar-refractivity contribution is 6.18. The van der Waals surface area contributed by atoms with Crippen molar-refractivity contribution in [1.29, 1.82) is 0 Å². The van der Waals surface area contributed by atoms with Crippen molar-refractivity contribution in [3.05, 3.63) is 23.8 Å². The lowest BCUT2D eigenvalue weighted by molar-refractivity contribution is -0.145. The van der Waals surface area contributed by atoms with Crippen LogP contribution in [0.2, 0.25) is 0 Å². The van der Waals surface area contributed by atoms with Gasteiger partial charge in [-0.1, -0.05) is 18.2 Å². The fourth-order valence-electron chi connectivity index (χ4n) is 1.34. The summed E-state index contributed by atoms with van der Waals surface area (Å²) in [6.45, 7) is 2.38. The van der Waals surface area contributed by atoms with E-state index in [1.165, 1.54) is 25.2 Å². The van der Waals surface area contributed by atoms with Crippen LogP contribution in [-0.4, -0.2) is 40.7 Å². The number of aliphatic carboxylic acids is 2. The lowest BCUT2D eigenvalue weighted by Crippen LogP contribution is -2.28. The second kappa shape index (κ2) is 6.02. The van der Waals surface area contributed by atoms with E-state index >= 15 is 0 Å². The van der Waals surface area contributed by atoms with Crippen LogP contribution >= 0.6 is 11.6 Å². The van der Waals surface area contributed by atoms with Gasteiger partial charge < -0.3 is 14.9 Å². The zero-order valence-electron chi connectivity index (χ0n) is 9.93. The molecule has 18 heavy (non-hydrogen) atoms. The number of ether oxygens (including phenoxy) is 1. The molecule has 0 saturated carbocycles. The molecule has 1 fully saturated rings. The summed E-state index contributed by atoms with van der Waals surface area (Å²) in [4.78, 5) is 21.3. The Morgan fingerprint density at radius 3 is 2.50 bits per heavy atom. The molecule has 0 amide bonds. The summed E-state index contributed by atoms with van der Waals surface area (Å²) in [5.41, 5.74) is -0.949. The molecule has 1 heterocycles. The molecule has 0 aromatic carbocycles. The minimum atomic E-state index is -1.08. The normalized spacial score (nSPS) is 28.8. The van der Waals surface area contributed by atoms with E-state index in [9.17, 15) is 9.59 Å². The zero-order valence-corrected chi connectivity index (χ0v) is 10.7. The van der Waals surface area contributed by atoms with Crippen molar-refractivity contribution in [3.8, 4) is 0 Å². The van der Waals surface area contributed by atoms with Crippen LogP contribution in [0.4, 0.5) is 0 Å². The minimum absolute atomic E-state index is 0.0359. The fraction of sp³-hybridized carbons (Fsp3) is 0.500. The number of alkyl halides is 1. The van der Waals surface area contributed by atoms with Gasteiger partial charge in [0.05, 0.1) is 24.0 Å². The number of allylic oxidation sites excluding steroid dienone is 2. The summed E-state index contributed by atoms with van der Waals surface area (Å²) in [5, 5.41) is 17.5. The van der Waals surface area contributed by atoms with Crippen LogP contribution in [0.3, 0.4) is 0 Å². The SMILES string of the molecule is CC1(C(=O)O)C=CC=C(C(=O)O)C1.ClCC1CO1. The van der Waals surface area contributed by atoms with Gasteiger partial charge in [0.25, 0.3) is 0 Å². The van der Waals surface area contributed by atoms with Gasteiger partial charge in [0.2, 0.25) is 0 Å². The molecule has 1 saturated heterocycles. The van der Waals surface area contributed by atoms with Crippen molar-refractivity contribution in [3.63, 3.8) is 0 Å². The molecular formula is C12H15ClO5. The smallest absolute Gasteiger partial charge is 0.331 e. The first-order chi connectivity index (χ1) is 8.39. The third kappa shape index (κ3) is 4.16. The van der Waals surface area contributed by atoms with Gasteiger partial charge in [-0.3, -0.25) is 4.79 Å². The van der Waals surface area contributed by atoms with Crippen LogP contribution in [0, 0.1) is 5.41 Å². The summed E-state index contributed by atoms with van der Waals surface area (Å²) < 4.78 is 4.73. The van der Waals surface area contributed by atoms with Gasteiger partial charge in [-0.05, 0) is 13.3 Å². The summed E-state index contributed by atoms with van der Waals surface area (Å²) in [6.07, 6.45) is 4.83. The molecule has 6 heteroatoms. The van der Waals surface area contributed by atoms with E-state index in [2.05, 4.69) is 0 Å². The molecule has 100 valence electrons. The molecule has 5 nitrogen and oxygen atoms in total. The van der Waals surface area contributed by atoms with Crippen molar-refractivity contribution in [2.45, 2.75) is 19.4 Å².